The summed E-state index contributed by atoms with van der Waals surface area (Å²) < 4.78 is 0. The van der Waals surface area contributed by atoms with Crippen molar-refractivity contribution >= 4 is 5.91 Å². The maximum Gasteiger partial charge on any atom is 0.225 e. The van der Waals surface area contributed by atoms with Gasteiger partial charge in [0, 0.05) is 18.9 Å². The van der Waals surface area contributed by atoms with Crippen LogP contribution in [0.4, 0.5) is 0 Å². The molecule has 0 aliphatic heterocycles. The first-order valence-electron chi connectivity index (χ1n) is 5.56. The van der Waals surface area contributed by atoms with E-state index in [4.69, 9.17) is 5.73 Å². The number of nitrogens with zero attached hydrogens (tertiary/aromatic N) is 1. The van der Waals surface area contributed by atoms with Crippen LogP contribution < -0.4 is 11.1 Å². The highest BCUT2D eigenvalue weighted by Crippen LogP contribution is 2.12. The molecule has 1 amide bonds. The fourth-order valence-electron chi connectivity index (χ4n) is 1.59. The number of hydrogen-bond acceptors (Lipinski definition) is 3. The van der Waals surface area contributed by atoms with Crippen LogP contribution in [0.5, 0.6) is 0 Å². The summed E-state index contributed by atoms with van der Waals surface area (Å²) in [5, 5.41) is 2.90. The Labute approximate surface area is 95.8 Å². The number of nitrogens with two attached hydrogens (primary N) is 1. The smallest absolute Gasteiger partial charge is 0.225 e. The number of nitrogens with one attached hydrogen (secondary N) is 2. The number of imidazole rings is 1. The van der Waals surface area contributed by atoms with Gasteiger partial charge in [-0.3, -0.25) is 4.79 Å². The molecule has 1 aromatic heterocycles. The number of carbonyl (C=O) groups excluding carboxylic acids is 1. The van der Waals surface area contributed by atoms with Gasteiger partial charge in [-0.1, -0.05) is 13.8 Å². The molecule has 90 valence electrons. The number of carbonyl (C=O) groups is 1. The van der Waals surface area contributed by atoms with E-state index in [0.717, 1.165) is 5.82 Å². The van der Waals surface area contributed by atoms with Gasteiger partial charge in [0.2, 0.25) is 5.91 Å². The van der Waals surface area contributed by atoms with Gasteiger partial charge in [0.05, 0.1) is 12.0 Å². The van der Waals surface area contributed by atoms with Crippen molar-refractivity contribution in [2.75, 3.05) is 6.54 Å². The third-order valence-electron chi connectivity index (χ3n) is 2.68. The third-order valence-corrected chi connectivity index (χ3v) is 2.68. The lowest BCUT2D eigenvalue weighted by molar-refractivity contribution is -0.126. The molecule has 4 N–H and O–H groups in total. The molecule has 0 spiro atoms. The zero-order valence-electron chi connectivity index (χ0n) is 10.0. The van der Waals surface area contributed by atoms with E-state index < -0.39 is 0 Å². The first-order valence-corrected chi connectivity index (χ1v) is 5.56. The van der Waals surface area contributed by atoms with Gasteiger partial charge in [-0.15, -0.1) is 0 Å². The highest BCUT2D eigenvalue weighted by Gasteiger charge is 2.22. The Morgan fingerprint density at radius 1 is 1.56 bits per heavy atom. The zero-order chi connectivity index (χ0) is 12.1. The SMILES string of the molecule is CC(NC(=O)C(CN)C(C)C)c1ncc[nH]1. The van der Waals surface area contributed by atoms with Crippen LogP contribution in [0.25, 0.3) is 0 Å². The summed E-state index contributed by atoms with van der Waals surface area (Å²) in [5.74, 6) is 0.848. The van der Waals surface area contributed by atoms with E-state index in [1.807, 2.05) is 20.8 Å². The second kappa shape index (κ2) is 5.65. The normalized spacial score (nSPS) is 14.8. The lowest BCUT2D eigenvalue weighted by Gasteiger charge is -2.20. The van der Waals surface area contributed by atoms with E-state index in [9.17, 15) is 4.79 Å². The number of amides is 1. The minimum atomic E-state index is -0.141. The van der Waals surface area contributed by atoms with Gasteiger partial charge in [-0.2, -0.15) is 0 Å². The van der Waals surface area contributed by atoms with Crippen LogP contribution in [-0.2, 0) is 4.79 Å². The monoisotopic (exact) mass is 224 g/mol. The molecule has 2 atom stereocenters. The predicted octanol–water partition coefficient (Wildman–Crippen LogP) is 0.818. The summed E-state index contributed by atoms with van der Waals surface area (Å²) >= 11 is 0. The van der Waals surface area contributed by atoms with Gasteiger partial charge < -0.3 is 16.0 Å². The Bertz CT molecular complexity index is 321. The van der Waals surface area contributed by atoms with E-state index >= 15 is 0 Å². The summed E-state index contributed by atoms with van der Waals surface area (Å²) in [6, 6.07) is -0.115. The zero-order valence-corrected chi connectivity index (χ0v) is 10.0. The Kier molecular flexibility index (Phi) is 4.49. The van der Waals surface area contributed by atoms with E-state index in [1.165, 1.54) is 0 Å². The molecule has 0 saturated heterocycles. The summed E-state index contributed by atoms with van der Waals surface area (Å²) in [6.07, 6.45) is 3.40. The van der Waals surface area contributed by atoms with Gasteiger partial charge in [0.15, 0.2) is 0 Å². The van der Waals surface area contributed by atoms with Crippen LogP contribution >= 0.6 is 0 Å². The van der Waals surface area contributed by atoms with Gasteiger partial charge in [-0.25, -0.2) is 4.98 Å². The molecule has 16 heavy (non-hydrogen) atoms. The van der Waals surface area contributed by atoms with Crippen molar-refractivity contribution in [1.29, 1.82) is 0 Å². The molecular formula is C11H20N4O. The van der Waals surface area contributed by atoms with Gasteiger partial charge in [-0.05, 0) is 12.8 Å². The highest BCUT2D eigenvalue weighted by molar-refractivity contribution is 5.79. The molecule has 0 aliphatic carbocycles. The minimum absolute atomic E-state index is 0.0126. The van der Waals surface area contributed by atoms with Crippen LogP contribution in [0.15, 0.2) is 12.4 Å². The average molecular weight is 224 g/mol. The number of aromatic amines is 1. The number of rotatable bonds is 5. The van der Waals surface area contributed by atoms with Gasteiger partial charge in [0.1, 0.15) is 5.82 Å². The van der Waals surface area contributed by atoms with E-state index in [-0.39, 0.29) is 23.8 Å². The molecule has 1 rings (SSSR count). The van der Waals surface area contributed by atoms with Crippen molar-refractivity contribution in [3.63, 3.8) is 0 Å². The highest BCUT2D eigenvalue weighted by atomic mass is 16.2. The maximum atomic E-state index is 11.9. The Morgan fingerprint density at radius 3 is 2.69 bits per heavy atom. The molecule has 1 heterocycles. The van der Waals surface area contributed by atoms with E-state index in [0.29, 0.717) is 6.54 Å². The third kappa shape index (κ3) is 3.06. The van der Waals surface area contributed by atoms with Crippen molar-refractivity contribution in [3.05, 3.63) is 18.2 Å². The molecule has 5 nitrogen and oxygen atoms in total. The number of hydrogen-bond donors (Lipinski definition) is 3. The van der Waals surface area contributed by atoms with Crippen molar-refractivity contribution in [3.8, 4) is 0 Å². The van der Waals surface area contributed by atoms with Crippen LogP contribution in [0.2, 0.25) is 0 Å². The second-order valence-corrected chi connectivity index (χ2v) is 4.29. The first kappa shape index (κ1) is 12.7. The summed E-state index contributed by atoms with van der Waals surface area (Å²) in [5.41, 5.74) is 5.58. The van der Waals surface area contributed by atoms with Crippen LogP contribution in [0, 0.1) is 11.8 Å². The lowest BCUT2D eigenvalue weighted by Crippen LogP contribution is -2.39. The van der Waals surface area contributed by atoms with Crippen molar-refractivity contribution in [2.24, 2.45) is 17.6 Å². The molecule has 1 aromatic rings. The molecule has 0 aliphatic rings. The quantitative estimate of drug-likeness (QED) is 0.692. The molecule has 5 heteroatoms. The van der Waals surface area contributed by atoms with E-state index in [2.05, 4.69) is 15.3 Å². The number of aromatic nitrogens is 2. The fourth-order valence-corrected chi connectivity index (χ4v) is 1.59. The Hall–Kier alpha value is -1.36. The van der Waals surface area contributed by atoms with Crippen molar-refractivity contribution in [2.45, 2.75) is 26.8 Å². The number of H-pyrrole nitrogens is 1. The van der Waals surface area contributed by atoms with Crippen LogP contribution in [0.3, 0.4) is 0 Å². The molecule has 0 saturated carbocycles. The van der Waals surface area contributed by atoms with Crippen LogP contribution in [0.1, 0.15) is 32.6 Å². The summed E-state index contributed by atoms with van der Waals surface area (Å²) in [7, 11) is 0. The minimum Gasteiger partial charge on any atom is -0.347 e. The van der Waals surface area contributed by atoms with Gasteiger partial charge >= 0.3 is 0 Å². The largest absolute Gasteiger partial charge is 0.347 e. The maximum absolute atomic E-state index is 11.9. The fraction of sp³-hybridized carbons (Fsp3) is 0.636. The van der Waals surface area contributed by atoms with Crippen molar-refractivity contribution in [1.82, 2.24) is 15.3 Å². The van der Waals surface area contributed by atoms with Crippen molar-refractivity contribution < 1.29 is 4.79 Å². The van der Waals surface area contributed by atoms with E-state index in [1.54, 1.807) is 12.4 Å². The lowest BCUT2D eigenvalue weighted by atomic mass is 9.95. The molecule has 0 aromatic carbocycles. The standard InChI is InChI=1S/C11H20N4O/c1-7(2)9(6-12)11(16)15-8(3)10-13-4-5-14-10/h4-5,7-9H,6,12H2,1-3H3,(H,13,14)(H,15,16). The first-order chi connectivity index (χ1) is 7.56. The average Bonchev–Trinajstić information content (AvgIpc) is 2.70. The Balaban J connectivity index is 2.57. The summed E-state index contributed by atoms with van der Waals surface area (Å²) in [4.78, 5) is 19.0. The van der Waals surface area contributed by atoms with Gasteiger partial charge in [0.25, 0.3) is 0 Å². The summed E-state index contributed by atoms with van der Waals surface area (Å²) in [6.45, 7) is 6.25. The topological polar surface area (TPSA) is 83.8 Å². The molecule has 0 bridgehead atoms. The Morgan fingerprint density at radius 2 is 2.25 bits per heavy atom. The molecule has 2 unspecified atom stereocenters. The van der Waals surface area contributed by atoms with Crippen LogP contribution in [-0.4, -0.2) is 22.4 Å². The molecular weight excluding hydrogens is 204 g/mol. The molecule has 0 fully saturated rings. The second-order valence-electron chi connectivity index (χ2n) is 4.29. The molecule has 0 radical (unpaired) electrons. The predicted molar refractivity (Wildman–Crippen MR) is 62.5 cm³/mol.